The first-order valence-corrected chi connectivity index (χ1v) is 7.71. The molecule has 2 fully saturated rings. The number of carbonyl (C=O) groups excluding carboxylic acids is 1. The third-order valence-electron chi connectivity index (χ3n) is 4.67. The van der Waals surface area contributed by atoms with Crippen LogP contribution in [0.1, 0.15) is 25.5 Å². The largest absolute Gasteiger partial charge is 0.374 e. The number of imidazole rings is 1. The van der Waals surface area contributed by atoms with Crippen LogP contribution in [0.2, 0.25) is 0 Å². The van der Waals surface area contributed by atoms with Crippen molar-refractivity contribution in [2.24, 2.45) is 7.05 Å². The van der Waals surface area contributed by atoms with Crippen molar-refractivity contribution in [3.63, 3.8) is 0 Å². The number of ether oxygens (including phenoxy) is 1. The van der Waals surface area contributed by atoms with E-state index in [1.165, 1.54) is 5.69 Å². The summed E-state index contributed by atoms with van der Waals surface area (Å²) in [5.41, 5.74) is 1.23. The summed E-state index contributed by atoms with van der Waals surface area (Å²) in [4.78, 5) is 20.4. The lowest BCUT2D eigenvalue weighted by atomic mass is 10.0. The molecule has 6 nitrogen and oxygen atoms in total. The topological polar surface area (TPSA) is 50.6 Å². The molecule has 0 bridgehead atoms. The minimum Gasteiger partial charge on any atom is -0.374 e. The van der Waals surface area contributed by atoms with Gasteiger partial charge in [-0.2, -0.15) is 0 Å². The van der Waals surface area contributed by atoms with Gasteiger partial charge in [0, 0.05) is 46.3 Å². The number of nitrogens with zero attached hydrogens (tertiary/aromatic N) is 4. The van der Waals surface area contributed by atoms with E-state index in [1.54, 1.807) is 6.92 Å². The van der Waals surface area contributed by atoms with Crippen molar-refractivity contribution < 1.29 is 9.53 Å². The second-order valence-corrected chi connectivity index (χ2v) is 6.04. The maximum absolute atomic E-state index is 11.8. The quantitative estimate of drug-likeness (QED) is 0.802. The number of hydrogen-bond acceptors (Lipinski definition) is 4. The minimum absolute atomic E-state index is 0.174. The second kappa shape index (κ2) is 6.15. The molecule has 1 aromatic rings. The molecular formula is C15H24N4O2. The molecule has 116 valence electrons. The molecule has 0 N–H and O–H groups in total. The molecule has 0 spiro atoms. The highest BCUT2D eigenvalue weighted by Gasteiger charge is 2.35. The van der Waals surface area contributed by atoms with Crippen molar-refractivity contribution >= 4 is 5.91 Å². The zero-order chi connectivity index (χ0) is 14.8. The van der Waals surface area contributed by atoms with Gasteiger partial charge in [-0.1, -0.05) is 0 Å². The molecule has 21 heavy (non-hydrogen) atoms. The Hall–Kier alpha value is -1.40. The fraction of sp³-hybridized carbons (Fsp3) is 0.733. The van der Waals surface area contributed by atoms with Crippen molar-refractivity contribution in [2.45, 2.75) is 38.5 Å². The van der Waals surface area contributed by atoms with Gasteiger partial charge in [-0.25, -0.2) is 4.98 Å². The second-order valence-electron chi connectivity index (χ2n) is 6.04. The predicted molar refractivity (Wildman–Crippen MR) is 78.6 cm³/mol. The molecule has 6 heteroatoms. The van der Waals surface area contributed by atoms with E-state index in [9.17, 15) is 4.79 Å². The molecule has 3 heterocycles. The molecule has 2 saturated heterocycles. The molecule has 0 radical (unpaired) electrons. The van der Waals surface area contributed by atoms with E-state index >= 15 is 0 Å². The number of carbonyl (C=O) groups is 1. The summed E-state index contributed by atoms with van der Waals surface area (Å²) in [7, 11) is 2.03. The number of rotatable bonds is 2. The maximum Gasteiger partial charge on any atom is 0.219 e. The van der Waals surface area contributed by atoms with Crippen LogP contribution in [0.15, 0.2) is 12.5 Å². The van der Waals surface area contributed by atoms with Crippen LogP contribution in [0, 0.1) is 0 Å². The predicted octanol–water partition coefficient (Wildman–Crippen LogP) is 0.632. The van der Waals surface area contributed by atoms with E-state index in [0.29, 0.717) is 6.61 Å². The van der Waals surface area contributed by atoms with E-state index in [4.69, 9.17) is 4.74 Å². The van der Waals surface area contributed by atoms with Crippen molar-refractivity contribution in [1.29, 1.82) is 0 Å². The molecule has 1 aromatic heterocycles. The summed E-state index contributed by atoms with van der Waals surface area (Å²) >= 11 is 0. The van der Waals surface area contributed by atoms with E-state index in [0.717, 1.165) is 39.0 Å². The zero-order valence-electron chi connectivity index (χ0n) is 12.9. The highest BCUT2D eigenvalue weighted by atomic mass is 16.5. The highest BCUT2D eigenvalue weighted by molar-refractivity contribution is 5.73. The average molecular weight is 292 g/mol. The van der Waals surface area contributed by atoms with Gasteiger partial charge in [-0.3, -0.25) is 9.69 Å². The van der Waals surface area contributed by atoms with E-state index in [-0.39, 0.29) is 18.1 Å². The Bertz CT molecular complexity index is 502. The lowest BCUT2D eigenvalue weighted by Gasteiger charge is -2.39. The van der Waals surface area contributed by atoms with Gasteiger partial charge in [0.15, 0.2) is 0 Å². The molecule has 2 aliphatic rings. The van der Waals surface area contributed by atoms with Crippen LogP contribution in [-0.4, -0.2) is 63.6 Å². The number of morpholine rings is 1. The molecule has 0 aliphatic carbocycles. The van der Waals surface area contributed by atoms with Crippen molar-refractivity contribution in [1.82, 2.24) is 19.4 Å². The number of amides is 1. The number of hydrogen-bond donors (Lipinski definition) is 0. The molecule has 2 aliphatic heterocycles. The molecule has 2 atom stereocenters. The van der Waals surface area contributed by atoms with Crippen LogP contribution in [0.5, 0.6) is 0 Å². The number of aryl methyl sites for hydroxylation is 1. The van der Waals surface area contributed by atoms with Crippen molar-refractivity contribution in [2.75, 3.05) is 26.2 Å². The summed E-state index contributed by atoms with van der Waals surface area (Å²) in [6.07, 6.45) is 5.94. The fourth-order valence-corrected chi connectivity index (χ4v) is 3.45. The SMILES string of the molecule is CC(=O)N1CCO[C@@H]2CCN(Cc3cncn3C)CC[C@H]21. The Morgan fingerprint density at radius 1 is 1.38 bits per heavy atom. The minimum atomic E-state index is 0.174. The van der Waals surface area contributed by atoms with Crippen LogP contribution < -0.4 is 0 Å². The summed E-state index contributed by atoms with van der Waals surface area (Å²) < 4.78 is 7.98. The lowest BCUT2D eigenvalue weighted by Crippen LogP contribution is -2.52. The van der Waals surface area contributed by atoms with Crippen molar-refractivity contribution in [3.8, 4) is 0 Å². The van der Waals surface area contributed by atoms with Crippen LogP contribution >= 0.6 is 0 Å². The van der Waals surface area contributed by atoms with Crippen LogP contribution in [0.4, 0.5) is 0 Å². The van der Waals surface area contributed by atoms with Crippen LogP contribution in [0.3, 0.4) is 0 Å². The van der Waals surface area contributed by atoms with Crippen LogP contribution in [0.25, 0.3) is 0 Å². The Labute approximate surface area is 125 Å². The summed E-state index contributed by atoms with van der Waals surface area (Å²) in [6, 6.07) is 0.243. The Morgan fingerprint density at radius 2 is 2.19 bits per heavy atom. The normalized spacial score (nSPS) is 27.2. The monoisotopic (exact) mass is 292 g/mol. The number of aromatic nitrogens is 2. The first-order valence-electron chi connectivity index (χ1n) is 7.71. The summed E-state index contributed by atoms with van der Waals surface area (Å²) in [5, 5.41) is 0. The van der Waals surface area contributed by atoms with Crippen molar-refractivity contribution in [3.05, 3.63) is 18.2 Å². The van der Waals surface area contributed by atoms with Crippen LogP contribution in [-0.2, 0) is 23.1 Å². The van der Waals surface area contributed by atoms with Gasteiger partial charge in [0.05, 0.1) is 30.8 Å². The third kappa shape index (κ3) is 3.11. The Morgan fingerprint density at radius 3 is 2.90 bits per heavy atom. The maximum atomic E-state index is 11.8. The van der Waals surface area contributed by atoms with Gasteiger partial charge in [-0.05, 0) is 12.8 Å². The lowest BCUT2D eigenvalue weighted by molar-refractivity contribution is -0.144. The van der Waals surface area contributed by atoms with Gasteiger partial charge < -0.3 is 14.2 Å². The Kier molecular flexibility index (Phi) is 4.26. The summed E-state index contributed by atoms with van der Waals surface area (Å²) in [5.74, 6) is 0.174. The first-order chi connectivity index (χ1) is 10.1. The highest BCUT2D eigenvalue weighted by Crippen LogP contribution is 2.24. The van der Waals surface area contributed by atoms with E-state index in [1.807, 2.05) is 24.5 Å². The van der Waals surface area contributed by atoms with Gasteiger partial charge in [0.2, 0.25) is 5.91 Å². The fourth-order valence-electron chi connectivity index (χ4n) is 3.45. The number of fused-ring (bicyclic) bond motifs is 1. The Balaban J connectivity index is 1.65. The van der Waals surface area contributed by atoms with Gasteiger partial charge in [0.25, 0.3) is 0 Å². The standard InChI is InChI=1S/C15H24N4O2/c1-12(20)19-7-8-21-15-4-6-18(5-3-14(15)19)10-13-9-16-11-17(13)2/h9,11,14-15H,3-8,10H2,1-2H3/t14-,15-/m1/s1. The van der Waals surface area contributed by atoms with E-state index in [2.05, 4.69) is 14.5 Å². The molecule has 1 amide bonds. The third-order valence-corrected chi connectivity index (χ3v) is 4.67. The van der Waals surface area contributed by atoms with E-state index < -0.39 is 0 Å². The zero-order valence-corrected chi connectivity index (χ0v) is 12.9. The molecule has 0 aromatic carbocycles. The van der Waals surface area contributed by atoms with Gasteiger partial charge in [-0.15, -0.1) is 0 Å². The average Bonchev–Trinajstić information content (AvgIpc) is 2.75. The first kappa shape index (κ1) is 14.5. The number of likely N-dealkylation sites (tertiary alicyclic amines) is 1. The smallest absolute Gasteiger partial charge is 0.219 e. The molecular weight excluding hydrogens is 268 g/mol. The van der Waals surface area contributed by atoms with Gasteiger partial charge >= 0.3 is 0 Å². The summed E-state index contributed by atoms with van der Waals surface area (Å²) in [6.45, 7) is 6.00. The molecule has 3 rings (SSSR count). The molecule has 0 saturated carbocycles. The molecule has 0 unspecified atom stereocenters. The van der Waals surface area contributed by atoms with Gasteiger partial charge in [0.1, 0.15) is 0 Å².